The van der Waals surface area contributed by atoms with E-state index in [1.54, 1.807) is 0 Å². The summed E-state index contributed by atoms with van der Waals surface area (Å²) in [5.74, 6) is 0. The van der Waals surface area contributed by atoms with Crippen LogP contribution in [0.3, 0.4) is 0 Å². The minimum absolute atomic E-state index is 0.227. The Morgan fingerprint density at radius 3 is 2.69 bits per heavy atom. The largest absolute Gasteiger partial charge is 0.386 e. The Labute approximate surface area is 103 Å². The lowest BCUT2D eigenvalue weighted by molar-refractivity contribution is -0.0158. The number of rotatable bonds is 6. The minimum Gasteiger partial charge on any atom is -0.386 e. The molecule has 0 radical (unpaired) electrons. The summed E-state index contributed by atoms with van der Waals surface area (Å²) < 4.78 is 4.94. The van der Waals surface area contributed by atoms with Crippen LogP contribution in [0.2, 0.25) is 0 Å². The van der Waals surface area contributed by atoms with Crippen molar-refractivity contribution in [2.24, 2.45) is 0 Å². The fraction of sp³-hybridized carbons (Fsp3) is 0.273. The van der Waals surface area contributed by atoms with Crippen molar-refractivity contribution in [2.45, 2.75) is 5.20 Å². The number of anilines is 2. The Balaban J connectivity index is 2.55. The van der Waals surface area contributed by atoms with Gasteiger partial charge in [-0.2, -0.15) is 0 Å². The predicted octanol–water partition coefficient (Wildman–Crippen LogP) is 2.34. The molecule has 3 N–H and O–H groups in total. The lowest BCUT2D eigenvalue weighted by atomic mass is 10.2. The summed E-state index contributed by atoms with van der Waals surface area (Å²) in [7, 11) is 1.85. The second-order valence-corrected chi connectivity index (χ2v) is 3.91. The third-order valence-electron chi connectivity index (χ3n) is 1.90. The normalized spacial score (nSPS) is 11.9. The lowest BCUT2D eigenvalue weighted by Crippen LogP contribution is -2.11. The average Bonchev–Trinajstić information content (AvgIpc) is 2.27. The highest BCUT2D eigenvalue weighted by Gasteiger charge is 2.03. The molecule has 4 nitrogen and oxygen atoms in total. The zero-order valence-electron chi connectivity index (χ0n) is 9.03. The van der Waals surface area contributed by atoms with E-state index in [2.05, 4.69) is 33.1 Å². The van der Waals surface area contributed by atoms with E-state index in [4.69, 9.17) is 9.84 Å². The molecule has 0 saturated heterocycles. The van der Waals surface area contributed by atoms with Gasteiger partial charge in [-0.05, 0) is 28.1 Å². The smallest absolute Gasteiger partial charge is 0.213 e. The quantitative estimate of drug-likeness (QED) is 0.555. The fourth-order valence-electron chi connectivity index (χ4n) is 1.21. The van der Waals surface area contributed by atoms with Crippen molar-refractivity contribution in [1.82, 2.24) is 0 Å². The van der Waals surface area contributed by atoms with E-state index in [0.717, 1.165) is 11.4 Å². The van der Waals surface area contributed by atoms with Gasteiger partial charge in [0.1, 0.15) is 0 Å². The molecule has 0 amide bonds. The average molecular weight is 287 g/mol. The maximum atomic E-state index is 8.88. The number of alkyl halides is 1. The van der Waals surface area contributed by atoms with Crippen LogP contribution in [0.1, 0.15) is 0 Å². The van der Waals surface area contributed by atoms with E-state index in [1.165, 1.54) is 0 Å². The first-order valence-electron chi connectivity index (χ1n) is 4.79. The maximum Gasteiger partial charge on any atom is 0.213 e. The Hall–Kier alpha value is -1.04. The second-order valence-electron chi connectivity index (χ2n) is 3.13. The number of aliphatic hydroxyl groups is 1. The molecule has 88 valence electrons. The van der Waals surface area contributed by atoms with Gasteiger partial charge in [0.05, 0.1) is 18.0 Å². The molecule has 0 saturated carbocycles. The summed E-state index contributed by atoms with van der Waals surface area (Å²) in [4.78, 5) is 0. The van der Waals surface area contributed by atoms with Crippen LogP contribution in [0, 0.1) is 0 Å². The zero-order valence-corrected chi connectivity index (χ0v) is 10.6. The number of benzene rings is 1. The summed E-state index contributed by atoms with van der Waals surface area (Å²) in [6, 6.07) is 7.76. The molecule has 0 bridgehead atoms. The molecule has 1 aromatic carbocycles. The van der Waals surface area contributed by atoms with Crippen molar-refractivity contribution in [3.63, 3.8) is 0 Å². The van der Waals surface area contributed by atoms with Crippen molar-refractivity contribution < 1.29 is 9.84 Å². The summed E-state index contributed by atoms with van der Waals surface area (Å²) in [5.41, 5.74) is 2.56. The van der Waals surface area contributed by atoms with Gasteiger partial charge in [0, 0.05) is 12.7 Å². The fourth-order valence-corrected chi connectivity index (χ4v) is 1.34. The number of nitrogens with one attached hydrogen (secondary N) is 2. The van der Waals surface area contributed by atoms with E-state index < -0.39 is 5.20 Å². The van der Waals surface area contributed by atoms with E-state index >= 15 is 0 Å². The van der Waals surface area contributed by atoms with Crippen LogP contribution in [-0.2, 0) is 4.74 Å². The molecule has 1 atom stereocenters. The summed E-state index contributed by atoms with van der Waals surface area (Å²) in [6.07, 6.45) is 0. The van der Waals surface area contributed by atoms with Crippen LogP contribution >= 0.6 is 15.9 Å². The molecule has 1 unspecified atom stereocenters. The molecule has 1 aromatic rings. The monoisotopic (exact) mass is 286 g/mol. The van der Waals surface area contributed by atoms with Gasteiger partial charge in [0.15, 0.2) is 0 Å². The van der Waals surface area contributed by atoms with Crippen LogP contribution in [0.25, 0.3) is 0 Å². The number of hydrogen-bond acceptors (Lipinski definition) is 4. The Bertz CT molecular complexity index is 356. The van der Waals surface area contributed by atoms with Crippen LogP contribution < -0.4 is 10.6 Å². The third kappa shape index (κ3) is 4.22. The topological polar surface area (TPSA) is 53.5 Å². The lowest BCUT2D eigenvalue weighted by Gasteiger charge is -2.14. The molecule has 0 aromatic heterocycles. The van der Waals surface area contributed by atoms with Crippen molar-refractivity contribution in [1.29, 1.82) is 0 Å². The van der Waals surface area contributed by atoms with Crippen LogP contribution in [-0.4, -0.2) is 24.0 Å². The van der Waals surface area contributed by atoms with Crippen LogP contribution in [0.4, 0.5) is 11.4 Å². The maximum absolute atomic E-state index is 8.88. The van der Waals surface area contributed by atoms with Crippen molar-refractivity contribution >= 4 is 27.3 Å². The number of aliphatic hydroxyl groups excluding tert-OH is 1. The van der Waals surface area contributed by atoms with Gasteiger partial charge in [0.2, 0.25) is 5.20 Å². The first kappa shape index (κ1) is 13.0. The Morgan fingerprint density at radius 1 is 1.50 bits per heavy atom. The zero-order chi connectivity index (χ0) is 12.0. The molecule has 0 aliphatic heterocycles. The molecule has 1 rings (SSSR count). The van der Waals surface area contributed by atoms with E-state index in [1.807, 2.05) is 31.3 Å². The number of ether oxygens (including phenoxy) is 1. The first-order valence-corrected chi connectivity index (χ1v) is 5.70. The molecule has 0 fully saturated rings. The van der Waals surface area contributed by atoms with Crippen LogP contribution in [0.15, 0.2) is 36.5 Å². The highest BCUT2D eigenvalue weighted by Crippen LogP contribution is 2.21. The molecular weight excluding hydrogens is 272 g/mol. The number of para-hydroxylation sites is 2. The van der Waals surface area contributed by atoms with E-state index in [0.29, 0.717) is 5.70 Å². The molecule has 0 heterocycles. The standard InChI is InChI=1S/C11H15BrN2O2/c1-8(7-16-11(12)15)14-10-6-4-3-5-9(10)13-2/h3-6,11,13-15H,1,7H2,2H3. The molecule has 16 heavy (non-hydrogen) atoms. The highest BCUT2D eigenvalue weighted by atomic mass is 79.9. The van der Waals surface area contributed by atoms with E-state index in [9.17, 15) is 0 Å². The second kappa shape index (κ2) is 6.52. The van der Waals surface area contributed by atoms with Crippen LogP contribution in [0.5, 0.6) is 0 Å². The van der Waals surface area contributed by atoms with Gasteiger partial charge in [-0.3, -0.25) is 0 Å². The molecule has 0 spiro atoms. The highest BCUT2D eigenvalue weighted by molar-refractivity contribution is 9.09. The number of halogens is 1. The minimum atomic E-state index is -0.967. The van der Waals surface area contributed by atoms with Gasteiger partial charge >= 0.3 is 0 Å². The summed E-state index contributed by atoms with van der Waals surface area (Å²) >= 11 is 2.87. The summed E-state index contributed by atoms with van der Waals surface area (Å²) in [6.45, 7) is 4.03. The van der Waals surface area contributed by atoms with Gasteiger partial charge in [0.25, 0.3) is 0 Å². The van der Waals surface area contributed by atoms with Gasteiger partial charge in [-0.25, -0.2) is 0 Å². The van der Waals surface area contributed by atoms with Gasteiger partial charge in [-0.1, -0.05) is 18.7 Å². The number of hydrogen-bond donors (Lipinski definition) is 3. The van der Waals surface area contributed by atoms with Gasteiger partial charge < -0.3 is 20.5 Å². The summed E-state index contributed by atoms with van der Waals surface area (Å²) in [5, 5.41) is 14.1. The third-order valence-corrected chi connectivity index (χ3v) is 2.17. The van der Waals surface area contributed by atoms with Gasteiger partial charge in [-0.15, -0.1) is 0 Å². The molecule has 0 aliphatic rings. The molecule has 5 heteroatoms. The molecular formula is C11H15BrN2O2. The Kier molecular flexibility index (Phi) is 5.31. The Morgan fingerprint density at radius 2 is 2.12 bits per heavy atom. The van der Waals surface area contributed by atoms with Crippen molar-refractivity contribution in [3.05, 3.63) is 36.5 Å². The SMILES string of the molecule is C=C(COC(O)Br)Nc1ccccc1NC. The molecule has 0 aliphatic carbocycles. The van der Waals surface area contributed by atoms with Crippen molar-refractivity contribution in [2.75, 3.05) is 24.3 Å². The van der Waals surface area contributed by atoms with Crippen molar-refractivity contribution in [3.8, 4) is 0 Å². The van der Waals surface area contributed by atoms with E-state index in [-0.39, 0.29) is 6.61 Å². The predicted molar refractivity (Wildman–Crippen MR) is 69.6 cm³/mol. The first-order chi connectivity index (χ1) is 7.63.